The van der Waals surface area contributed by atoms with Crippen molar-refractivity contribution in [2.45, 2.75) is 50.8 Å². The molecule has 5 nitrogen and oxygen atoms in total. The minimum absolute atomic E-state index is 0.0180. The first-order chi connectivity index (χ1) is 18.5. The average Bonchev–Trinajstić information content (AvgIpc) is 2.92. The molecule has 38 heavy (non-hydrogen) atoms. The molecule has 5 rings (SSSR count). The summed E-state index contributed by atoms with van der Waals surface area (Å²) in [7, 11) is 0. The van der Waals surface area contributed by atoms with Gasteiger partial charge in [0.25, 0.3) is 11.8 Å². The Labute approximate surface area is 227 Å². The Morgan fingerprint density at radius 1 is 1.03 bits per heavy atom. The number of rotatable bonds is 7. The Morgan fingerprint density at radius 2 is 1.79 bits per heavy atom. The number of halogens is 2. The van der Waals surface area contributed by atoms with Crippen LogP contribution in [0, 0.1) is 5.82 Å². The number of nitrogens with zero attached hydrogens (tertiary/aromatic N) is 1. The van der Waals surface area contributed by atoms with Crippen LogP contribution in [0.15, 0.2) is 78.6 Å². The Morgan fingerprint density at radius 3 is 2.55 bits per heavy atom. The Hall–Kier alpha value is -3.64. The van der Waals surface area contributed by atoms with Gasteiger partial charge in [-0.25, -0.2) is 4.39 Å². The molecule has 2 aliphatic rings. The first kappa shape index (κ1) is 26.0. The monoisotopic (exact) mass is 532 g/mol. The van der Waals surface area contributed by atoms with E-state index in [2.05, 4.69) is 5.32 Å². The molecule has 2 fully saturated rings. The number of carbonyl (C=O) groups excluding carboxylic acids is 2. The summed E-state index contributed by atoms with van der Waals surface area (Å²) in [5.74, 6) is -0.381. The van der Waals surface area contributed by atoms with Crippen molar-refractivity contribution in [2.24, 2.45) is 0 Å². The van der Waals surface area contributed by atoms with Crippen molar-refractivity contribution < 1.29 is 18.7 Å². The van der Waals surface area contributed by atoms with Crippen LogP contribution >= 0.6 is 11.6 Å². The second kappa shape index (κ2) is 11.8. The summed E-state index contributed by atoms with van der Waals surface area (Å²) in [5.41, 5.74) is 3.17. The number of amides is 2. The molecule has 1 aliphatic carbocycles. The van der Waals surface area contributed by atoms with E-state index in [1.54, 1.807) is 24.3 Å². The van der Waals surface area contributed by atoms with E-state index in [0.29, 0.717) is 30.1 Å². The van der Waals surface area contributed by atoms with E-state index in [1.165, 1.54) is 12.1 Å². The lowest BCUT2D eigenvalue weighted by molar-refractivity contribution is -0.149. The highest BCUT2D eigenvalue weighted by molar-refractivity contribution is 6.30. The van der Waals surface area contributed by atoms with E-state index in [4.69, 9.17) is 16.3 Å². The number of fused-ring (bicyclic) bond motifs is 1. The van der Waals surface area contributed by atoms with Gasteiger partial charge >= 0.3 is 0 Å². The molecule has 1 saturated carbocycles. The fourth-order valence-corrected chi connectivity index (χ4v) is 5.28. The summed E-state index contributed by atoms with van der Waals surface area (Å²) in [6, 6.07) is 21.0. The van der Waals surface area contributed by atoms with Crippen LogP contribution in [0.1, 0.15) is 52.7 Å². The molecule has 0 bridgehead atoms. The Bertz CT molecular complexity index is 1320. The third-order valence-corrected chi connectivity index (χ3v) is 7.40. The SMILES string of the molecule is O=C(NCCc1ccc(Cl)cc1)c1ccc(/C=C2\OC3CCCCC3N(Cc3cccc(F)c3)C2=O)cc1. The van der Waals surface area contributed by atoms with E-state index in [-0.39, 0.29) is 35.5 Å². The highest BCUT2D eigenvalue weighted by Gasteiger charge is 2.41. The first-order valence-electron chi connectivity index (χ1n) is 13.0. The van der Waals surface area contributed by atoms with Gasteiger partial charge in [0.05, 0.1) is 6.04 Å². The molecule has 0 aromatic heterocycles. The number of ether oxygens (including phenoxy) is 1. The quantitative estimate of drug-likeness (QED) is 0.371. The molecule has 3 aromatic rings. The third-order valence-electron chi connectivity index (χ3n) is 7.14. The third kappa shape index (κ3) is 6.25. The number of nitrogens with one attached hydrogen (secondary N) is 1. The van der Waals surface area contributed by atoms with Crippen molar-refractivity contribution in [1.29, 1.82) is 0 Å². The van der Waals surface area contributed by atoms with Crippen molar-refractivity contribution >= 4 is 29.5 Å². The van der Waals surface area contributed by atoms with Gasteiger partial charge in [-0.2, -0.15) is 0 Å². The average molecular weight is 533 g/mol. The minimum atomic E-state index is -0.312. The van der Waals surface area contributed by atoms with E-state index in [1.807, 2.05) is 47.4 Å². The van der Waals surface area contributed by atoms with Gasteiger partial charge in [-0.3, -0.25) is 9.59 Å². The zero-order chi connectivity index (χ0) is 26.5. The van der Waals surface area contributed by atoms with Gasteiger partial charge in [-0.05, 0) is 84.8 Å². The topological polar surface area (TPSA) is 58.6 Å². The highest BCUT2D eigenvalue weighted by atomic mass is 35.5. The minimum Gasteiger partial charge on any atom is -0.482 e. The molecule has 1 N–H and O–H groups in total. The molecule has 3 aromatic carbocycles. The highest BCUT2D eigenvalue weighted by Crippen LogP contribution is 2.34. The predicted octanol–water partition coefficient (Wildman–Crippen LogP) is 6.16. The van der Waals surface area contributed by atoms with Gasteiger partial charge in [0.1, 0.15) is 11.9 Å². The number of carbonyl (C=O) groups is 2. The van der Waals surface area contributed by atoms with E-state index >= 15 is 0 Å². The zero-order valence-corrected chi connectivity index (χ0v) is 21.8. The van der Waals surface area contributed by atoms with Crippen LogP contribution in [0.3, 0.4) is 0 Å². The molecule has 0 radical (unpaired) electrons. The maximum absolute atomic E-state index is 13.8. The number of hydrogen-bond acceptors (Lipinski definition) is 3. The summed E-state index contributed by atoms with van der Waals surface area (Å²) in [4.78, 5) is 27.9. The zero-order valence-electron chi connectivity index (χ0n) is 21.0. The molecule has 7 heteroatoms. The molecule has 0 spiro atoms. The van der Waals surface area contributed by atoms with Gasteiger partial charge in [0, 0.05) is 23.7 Å². The van der Waals surface area contributed by atoms with Crippen LogP contribution in [0.4, 0.5) is 4.39 Å². The number of benzene rings is 3. The summed E-state index contributed by atoms with van der Waals surface area (Å²) in [5, 5.41) is 3.62. The number of morpholine rings is 1. The van der Waals surface area contributed by atoms with Gasteiger partial charge in [0.15, 0.2) is 5.76 Å². The standard InChI is InChI=1S/C31H30ClFN2O3/c32-25-14-10-21(11-15-25)16-17-34-30(36)24-12-8-22(9-13-24)19-29-31(37)35(20-23-4-3-5-26(33)18-23)27-6-1-2-7-28(27)38-29/h3-5,8-15,18-19,27-28H,1-2,6-7,16-17,20H2,(H,34,36)/b29-19-. The number of hydrogen-bond donors (Lipinski definition) is 1. The predicted molar refractivity (Wildman–Crippen MR) is 146 cm³/mol. The normalized spacial score (nSPS) is 20.1. The fraction of sp³-hybridized carbons (Fsp3) is 0.290. The molecule has 1 heterocycles. The van der Waals surface area contributed by atoms with Crippen molar-refractivity contribution in [2.75, 3.05) is 6.54 Å². The smallest absolute Gasteiger partial charge is 0.289 e. The van der Waals surface area contributed by atoms with Crippen LogP contribution in [-0.4, -0.2) is 35.4 Å². The Balaban J connectivity index is 1.26. The molecule has 2 amide bonds. The maximum Gasteiger partial charge on any atom is 0.289 e. The van der Waals surface area contributed by atoms with Gasteiger partial charge in [-0.15, -0.1) is 0 Å². The largest absolute Gasteiger partial charge is 0.482 e. The van der Waals surface area contributed by atoms with Gasteiger partial charge < -0.3 is 15.0 Å². The van der Waals surface area contributed by atoms with Crippen molar-refractivity contribution in [3.8, 4) is 0 Å². The molecule has 2 unspecified atom stereocenters. The fourth-order valence-electron chi connectivity index (χ4n) is 5.15. The lowest BCUT2D eigenvalue weighted by Crippen LogP contribution is -2.54. The van der Waals surface area contributed by atoms with Crippen LogP contribution in [0.2, 0.25) is 5.02 Å². The van der Waals surface area contributed by atoms with E-state index < -0.39 is 0 Å². The first-order valence-corrected chi connectivity index (χ1v) is 13.4. The lowest BCUT2D eigenvalue weighted by Gasteiger charge is -2.44. The molecular weight excluding hydrogens is 503 g/mol. The van der Waals surface area contributed by atoms with Crippen LogP contribution in [0.5, 0.6) is 0 Å². The second-order valence-electron chi connectivity index (χ2n) is 9.83. The van der Waals surface area contributed by atoms with Crippen molar-refractivity contribution in [1.82, 2.24) is 10.2 Å². The van der Waals surface area contributed by atoms with Crippen molar-refractivity contribution in [3.05, 3.63) is 112 Å². The van der Waals surface area contributed by atoms with Crippen LogP contribution in [0.25, 0.3) is 6.08 Å². The molecule has 2 atom stereocenters. The van der Waals surface area contributed by atoms with E-state index in [9.17, 15) is 14.0 Å². The second-order valence-corrected chi connectivity index (χ2v) is 10.3. The maximum atomic E-state index is 13.8. The molecule has 196 valence electrons. The Kier molecular flexibility index (Phi) is 8.08. The summed E-state index contributed by atoms with van der Waals surface area (Å²) >= 11 is 5.92. The summed E-state index contributed by atoms with van der Waals surface area (Å²) in [6.45, 7) is 0.853. The van der Waals surface area contributed by atoms with Crippen molar-refractivity contribution in [3.63, 3.8) is 0 Å². The van der Waals surface area contributed by atoms with E-state index in [0.717, 1.165) is 42.4 Å². The lowest BCUT2D eigenvalue weighted by atomic mass is 9.89. The summed E-state index contributed by atoms with van der Waals surface area (Å²) in [6.07, 6.45) is 6.21. The van der Waals surface area contributed by atoms with Gasteiger partial charge in [0.2, 0.25) is 0 Å². The van der Waals surface area contributed by atoms with Crippen LogP contribution < -0.4 is 5.32 Å². The van der Waals surface area contributed by atoms with Crippen LogP contribution in [-0.2, 0) is 22.5 Å². The molecule has 1 saturated heterocycles. The summed E-state index contributed by atoms with van der Waals surface area (Å²) < 4.78 is 20.0. The molecule has 1 aliphatic heterocycles. The molecular formula is C31H30ClFN2O3. The van der Waals surface area contributed by atoms with Gasteiger partial charge in [-0.1, -0.05) is 54.4 Å².